The minimum atomic E-state index is -4.18. The summed E-state index contributed by atoms with van der Waals surface area (Å²) >= 11 is 0. The lowest BCUT2D eigenvalue weighted by Crippen LogP contribution is -2.48. The molecule has 10 nitrogen and oxygen atoms in total. The predicted octanol–water partition coefficient (Wildman–Crippen LogP) is -0.511. The largest absolute Gasteiger partial charge is 0.477 e. The summed E-state index contributed by atoms with van der Waals surface area (Å²) in [7, 11) is -4.18. The molecule has 0 radical (unpaired) electrons. The Bertz CT molecular complexity index is 791. The Morgan fingerprint density at radius 1 is 1.27 bits per heavy atom. The second-order valence-electron chi connectivity index (χ2n) is 6.67. The van der Waals surface area contributed by atoms with Crippen molar-refractivity contribution in [1.29, 1.82) is 0 Å². The fraction of sp³-hybridized carbons (Fsp3) is 0.600. The van der Waals surface area contributed by atoms with Crippen LogP contribution in [0.4, 0.5) is 4.79 Å². The molecule has 0 aliphatic carbocycles. The van der Waals surface area contributed by atoms with Crippen molar-refractivity contribution >= 4 is 22.2 Å². The second-order valence-corrected chi connectivity index (χ2v) is 8.09. The molecule has 11 heteroatoms. The minimum Gasteiger partial charge on any atom is -0.477 e. The Morgan fingerprint density at radius 2 is 1.96 bits per heavy atom. The standard InChI is InChI=1S/C15H23N5O5S/c16-26(24,25)20-8-4-12(13(20)14(21)22)10-2-6-19(7-3-10)15(23)18-11-1-5-17-9-11/h4,8,10-11,17H,1-3,5-7,9H2,(H,18,23)(H,21,22)(H2,16,24,25). The molecule has 3 rings (SSSR count). The van der Waals surface area contributed by atoms with E-state index < -0.39 is 16.2 Å². The fourth-order valence-electron chi connectivity index (χ4n) is 3.63. The van der Waals surface area contributed by atoms with Crippen LogP contribution in [-0.2, 0) is 10.2 Å². The Hall–Kier alpha value is -2.11. The molecule has 2 aliphatic rings. The van der Waals surface area contributed by atoms with Gasteiger partial charge in [0, 0.05) is 31.9 Å². The molecule has 2 saturated heterocycles. The van der Waals surface area contributed by atoms with Crippen LogP contribution in [0.3, 0.4) is 0 Å². The number of piperidine rings is 1. The summed E-state index contributed by atoms with van der Waals surface area (Å²) < 4.78 is 23.7. The lowest BCUT2D eigenvalue weighted by molar-refractivity contribution is 0.0686. The molecule has 2 amide bonds. The Kier molecular flexibility index (Phi) is 5.21. The van der Waals surface area contributed by atoms with Crippen molar-refractivity contribution in [2.75, 3.05) is 26.2 Å². The van der Waals surface area contributed by atoms with Crippen LogP contribution >= 0.6 is 0 Å². The third-order valence-corrected chi connectivity index (χ3v) is 5.82. The van der Waals surface area contributed by atoms with Gasteiger partial charge >= 0.3 is 22.2 Å². The fourth-order valence-corrected chi connectivity index (χ4v) is 4.29. The van der Waals surface area contributed by atoms with E-state index in [-0.39, 0.29) is 23.7 Å². The second kappa shape index (κ2) is 7.25. The molecule has 1 unspecified atom stereocenters. The third-order valence-electron chi connectivity index (χ3n) is 4.97. The van der Waals surface area contributed by atoms with Gasteiger partial charge in [0.2, 0.25) is 0 Å². The molecule has 1 atom stereocenters. The van der Waals surface area contributed by atoms with Crippen LogP contribution in [0, 0.1) is 0 Å². The summed E-state index contributed by atoms with van der Waals surface area (Å²) in [5.74, 6) is -1.48. The molecule has 5 N–H and O–H groups in total. The average molecular weight is 385 g/mol. The Labute approximate surface area is 151 Å². The van der Waals surface area contributed by atoms with E-state index in [0.717, 1.165) is 19.5 Å². The molecular weight excluding hydrogens is 362 g/mol. The number of nitrogens with one attached hydrogen (secondary N) is 2. The normalized spacial score (nSPS) is 21.7. The molecule has 1 aromatic rings. The number of carboxylic acids is 1. The van der Waals surface area contributed by atoms with Crippen LogP contribution < -0.4 is 15.8 Å². The van der Waals surface area contributed by atoms with Crippen LogP contribution in [0.15, 0.2) is 12.3 Å². The summed E-state index contributed by atoms with van der Waals surface area (Å²) in [5, 5.41) is 20.7. The van der Waals surface area contributed by atoms with Gasteiger partial charge in [0.05, 0.1) is 0 Å². The average Bonchev–Trinajstić information content (AvgIpc) is 3.23. The van der Waals surface area contributed by atoms with Crippen LogP contribution in [0.2, 0.25) is 0 Å². The maximum Gasteiger partial charge on any atom is 0.353 e. The molecule has 0 aromatic carbocycles. The Morgan fingerprint density at radius 3 is 2.50 bits per heavy atom. The minimum absolute atomic E-state index is 0.113. The van der Waals surface area contributed by atoms with Gasteiger partial charge in [-0.15, -0.1) is 0 Å². The lowest BCUT2D eigenvalue weighted by atomic mass is 9.89. The first-order valence-electron chi connectivity index (χ1n) is 8.51. The van der Waals surface area contributed by atoms with Crippen molar-refractivity contribution in [2.24, 2.45) is 5.14 Å². The number of aromatic carboxylic acids is 1. The van der Waals surface area contributed by atoms with Crippen molar-refractivity contribution in [3.8, 4) is 0 Å². The van der Waals surface area contributed by atoms with Gasteiger partial charge in [-0.25, -0.2) is 18.7 Å². The van der Waals surface area contributed by atoms with E-state index in [1.54, 1.807) is 4.90 Å². The van der Waals surface area contributed by atoms with Crippen molar-refractivity contribution in [1.82, 2.24) is 19.5 Å². The number of aromatic nitrogens is 1. The van der Waals surface area contributed by atoms with Crippen LogP contribution in [0.1, 0.15) is 41.2 Å². The SMILES string of the molecule is NS(=O)(=O)n1ccc(C2CCN(C(=O)NC3CCNC3)CC2)c1C(=O)O. The highest BCUT2D eigenvalue weighted by atomic mass is 32.2. The number of amides is 2. The number of likely N-dealkylation sites (tertiary alicyclic amines) is 1. The van der Waals surface area contributed by atoms with Gasteiger partial charge in [-0.3, -0.25) is 0 Å². The smallest absolute Gasteiger partial charge is 0.353 e. The number of rotatable bonds is 4. The molecule has 2 aliphatic heterocycles. The topological polar surface area (TPSA) is 147 Å². The van der Waals surface area contributed by atoms with E-state index in [1.165, 1.54) is 12.3 Å². The molecule has 144 valence electrons. The van der Waals surface area contributed by atoms with Gasteiger partial charge in [-0.2, -0.15) is 8.42 Å². The number of hydrogen-bond acceptors (Lipinski definition) is 5. The highest BCUT2D eigenvalue weighted by molar-refractivity contribution is 7.87. The maximum atomic E-state index is 12.3. The van der Waals surface area contributed by atoms with E-state index >= 15 is 0 Å². The lowest BCUT2D eigenvalue weighted by Gasteiger charge is -2.33. The van der Waals surface area contributed by atoms with Crippen molar-refractivity contribution in [3.05, 3.63) is 23.5 Å². The molecule has 0 saturated carbocycles. The third kappa shape index (κ3) is 3.84. The number of carbonyl (C=O) groups excluding carboxylic acids is 1. The van der Waals surface area contributed by atoms with Gasteiger partial charge in [-0.05, 0) is 43.4 Å². The van der Waals surface area contributed by atoms with Crippen molar-refractivity contribution in [2.45, 2.75) is 31.2 Å². The molecule has 0 bridgehead atoms. The molecule has 26 heavy (non-hydrogen) atoms. The van der Waals surface area contributed by atoms with Gasteiger partial charge in [0.1, 0.15) is 5.69 Å². The molecule has 1 aromatic heterocycles. The van der Waals surface area contributed by atoms with Gasteiger partial charge < -0.3 is 20.6 Å². The zero-order chi connectivity index (χ0) is 18.9. The number of urea groups is 1. The number of carbonyl (C=O) groups is 2. The van der Waals surface area contributed by atoms with Crippen LogP contribution in [0.5, 0.6) is 0 Å². The summed E-state index contributed by atoms with van der Waals surface area (Å²) in [5.41, 5.74) is 0.110. The van der Waals surface area contributed by atoms with Crippen molar-refractivity contribution < 1.29 is 23.1 Å². The van der Waals surface area contributed by atoms with E-state index in [4.69, 9.17) is 5.14 Å². The first-order valence-corrected chi connectivity index (χ1v) is 10.0. The molecular formula is C15H23N5O5S. The van der Waals surface area contributed by atoms with E-state index in [0.29, 0.717) is 35.5 Å². The highest BCUT2D eigenvalue weighted by Crippen LogP contribution is 2.31. The molecule has 3 heterocycles. The first-order chi connectivity index (χ1) is 12.3. The van der Waals surface area contributed by atoms with Crippen molar-refractivity contribution in [3.63, 3.8) is 0 Å². The number of carboxylic acid groups (broad SMARTS) is 1. The Balaban J connectivity index is 1.67. The quantitative estimate of drug-likeness (QED) is 0.549. The van der Waals surface area contributed by atoms with E-state index in [1.807, 2.05) is 0 Å². The molecule has 2 fully saturated rings. The monoisotopic (exact) mass is 385 g/mol. The van der Waals surface area contributed by atoms with Gasteiger partial charge in [0.25, 0.3) is 0 Å². The summed E-state index contributed by atoms with van der Waals surface area (Å²) in [4.78, 5) is 25.6. The van der Waals surface area contributed by atoms with E-state index in [2.05, 4.69) is 10.6 Å². The predicted molar refractivity (Wildman–Crippen MR) is 93.3 cm³/mol. The highest BCUT2D eigenvalue weighted by Gasteiger charge is 2.31. The molecule has 0 spiro atoms. The van der Waals surface area contributed by atoms with Crippen LogP contribution in [-0.4, -0.2) is 66.6 Å². The summed E-state index contributed by atoms with van der Waals surface area (Å²) in [6, 6.07) is 1.51. The number of hydrogen-bond donors (Lipinski definition) is 4. The zero-order valence-electron chi connectivity index (χ0n) is 14.2. The number of nitrogens with two attached hydrogens (primary N) is 1. The zero-order valence-corrected chi connectivity index (χ0v) is 15.0. The maximum absolute atomic E-state index is 12.3. The van der Waals surface area contributed by atoms with Gasteiger partial charge in [0.15, 0.2) is 0 Å². The number of nitrogens with zero attached hydrogens (tertiary/aromatic N) is 2. The summed E-state index contributed by atoms with van der Waals surface area (Å²) in [6.07, 6.45) is 3.20. The van der Waals surface area contributed by atoms with E-state index in [9.17, 15) is 23.1 Å². The van der Waals surface area contributed by atoms with Gasteiger partial charge in [-0.1, -0.05) is 0 Å². The summed E-state index contributed by atoms with van der Waals surface area (Å²) in [6.45, 7) is 2.63. The first kappa shape index (κ1) is 18.7. The van der Waals surface area contributed by atoms with Crippen LogP contribution in [0.25, 0.3) is 0 Å².